The first kappa shape index (κ1) is 12.8. The largest absolute Gasteiger partial charge is 0.387 e. The number of hydrogen-bond acceptors (Lipinski definition) is 3. The quantitative estimate of drug-likeness (QED) is 0.763. The summed E-state index contributed by atoms with van der Waals surface area (Å²) >= 11 is 1.68. The molecule has 0 aromatic heterocycles. The first-order chi connectivity index (χ1) is 5.77. The van der Waals surface area contributed by atoms with E-state index < -0.39 is 6.10 Å². The SMILES string of the molecule is CSc1ccc(C(O)CN)cc1.Cl. The average Bonchev–Trinajstić information content (AvgIpc) is 2.17. The van der Waals surface area contributed by atoms with Gasteiger partial charge >= 0.3 is 0 Å². The van der Waals surface area contributed by atoms with Crippen LogP contribution >= 0.6 is 24.2 Å². The molecule has 4 heteroatoms. The van der Waals surface area contributed by atoms with Crippen molar-refractivity contribution in [2.24, 2.45) is 5.73 Å². The van der Waals surface area contributed by atoms with Crippen molar-refractivity contribution in [2.75, 3.05) is 12.8 Å². The van der Waals surface area contributed by atoms with Crippen molar-refractivity contribution in [3.8, 4) is 0 Å². The smallest absolute Gasteiger partial charge is 0.0912 e. The molecule has 0 heterocycles. The van der Waals surface area contributed by atoms with E-state index in [4.69, 9.17) is 5.73 Å². The molecule has 0 radical (unpaired) electrons. The predicted octanol–water partition coefficient (Wildman–Crippen LogP) is 1.82. The van der Waals surface area contributed by atoms with Gasteiger partial charge in [0.2, 0.25) is 0 Å². The Hall–Kier alpha value is -0.220. The van der Waals surface area contributed by atoms with E-state index in [1.165, 1.54) is 4.90 Å². The molecule has 0 spiro atoms. The van der Waals surface area contributed by atoms with Gasteiger partial charge in [-0.2, -0.15) is 0 Å². The third kappa shape index (κ3) is 3.56. The highest BCUT2D eigenvalue weighted by molar-refractivity contribution is 7.98. The molecule has 13 heavy (non-hydrogen) atoms. The van der Waals surface area contributed by atoms with E-state index in [0.717, 1.165) is 5.56 Å². The van der Waals surface area contributed by atoms with Gasteiger partial charge in [-0.3, -0.25) is 0 Å². The zero-order valence-electron chi connectivity index (χ0n) is 7.43. The van der Waals surface area contributed by atoms with Crippen molar-refractivity contribution in [1.82, 2.24) is 0 Å². The Labute approximate surface area is 88.9 Å². The number of aliphatic hydroxyl groups is 1. The number of halogens is 1. The van der Waals surface area contributed by atoms with Crippen LogP contribution in [0.15, 0.2) is 29.2 Å². The van der Waals surface area contributed by atoms with Crippen LogP contribution in [0, 0.1) is 0 Å². The fourth-order valence-electron chi connectivity index (χ4n) is 0.962. The van der Waals surface area contributed by atoms with Crippen molar-refractivity contribution in [2.45, 2.75) is 11.0 Å². The molecule has 0 amide bonds. The first-order valence-electron chi connectivity index (χ1n) is 3.80. The number of thioether (sulfide) groups is 1. The molecule has 74 valence electrons. The summed E-state index contributed by atoms with van der Waals surface area (Å²) in [6, 6.07) is 7.78. The van der Waals surface area contributed by atoms with Gasteiger partial charge < -0.3 is 10.8 Å². The summed E-state index contributed by atoms with van der Waals surface area (Å²) in [4.78, 5) is 1.20. The summed E-state index contributed by atoms with van der Waals surface area (Å²) in [6.07, 6.45) is 1.50. The van der Waals surface area contributed by atoms with Crippen LogP contribution in [-0.2, 0) is 0 Å². The number of aliphatic hydroxyl groups excluding tert-OH is 1. The predicted molar refractivity (Wildman–Crippen MR) is 59.5 cm³/mol. The molecule has 0 fully saturated rings. The van der Waals surface area contributed by atoms with E-state index in [1.807, 2.05) is 30.5 Å². The van der Waals surface area contributed by atoms with Crippen molar-refractivity contribution >= 4 is 24.2 Å². The summed E-state index contributed by atoms with van der Waals surface area (Å²) in [5.41, 5.74) is 6.20. The number of hydrogen-bond donors (Lipinski definition) is 2. The fourth-order valence-corrected chi connectivity index (χ4v) is 1.37. The number of benzene rings is 1. The van der Waals surface area contributed by atoms with E-state index in [2.05, 4.69) is 0 Å². The highest BCUT2D eigenvalue weighted by atomic mass is 35.5. The molecule has 1 unspecified atom stereocenters. The van der Waals surface area contributed by atoms with E-state index in [-0.39, 0.29) is 19.0 Å². The lowest BCUT2D eigenvalue weighted by Crippen LogP contribution is -2.11. The van der Waals surface area contributed by atoms with Gasteiger partial charge in [0.15, 0.2) is 0 Å². The monoisotopic (exact) mass is 219 g/mol. The van der Waals surface area contributed by atoms with Crippen molar-refractivity contribution in [3.05, 3.63) is 29.8 Å². The Kier molecular flexibility index (Phi) is 6.16. The fraction of sp³-hybridized carbons (Fsp3) is 0.333. The maximum absolute atomic E-state index is 9.36. The van der Waals surface area contributed by atoms with Crippen molar-refractivity contribution in [3.63, 3.8) is 0 Å². The normalized spacial score (nSPS) is 11.9. The maximum Gasteiger partial charge on any atom is 0.0912 e. The highest BCUT2D eigenvalue weighted by Crippen LogP contribution is 2.18. The lowest BCUT2D eigenvalue weighted by Gasteiger charge is -2.07. The zero-order valence-corrected chi connectivity index (χ0v) is 9.07. The lowest BCUT2D eigenvalue weighted by molar-refractivity contribution is 0.186. The Balaban J connectivity index is 0.00000144. The molecule has 2 nitrogen and oxygen atoms in total. The standard InChI is InChI=1S/C9H13NOS.ClH/c1-12-8-4-2-7(3-5-8)9(11)6-10;/h2-5,9,11H,6,10H2,1H3;1H. The summed E-state index contributed by atoms with van der Waals surface area (Å²) in [7, 11) is 0. The minimum atomic E-state index is -0.527. The topological polar surface area (TPSA) is 46.2 Å². The molecule has 1 aromatic rings. The Morgan fingerprint density at radius 2 is 1.92 bits per heavy atom. The summed E-state index contributed by atoms with van der Waals surface area (Å²) in [6.45, 7) is 0.276. The summed E-state index contributed by atoms with van der Waals surface area (Å²) in [5.74, 6) is 0. The van der Waals surface area contributed by atoms with Crippen LogP contribution < -0.4 is 5.73 Å². The first-order valence-corrected chi connectivity index (χ1v) is 5.02. The second-order valence-electron chi connectivity index (χ2n) is 2.52. The molecular weight excluding hydrogens is 206 g/mol. The highest BCUT2D eigenvalue weighted by Gasteiger charge is 2.03. The molecule has 0 aliphatic carbocycles. The van der Waals surface area contributed by atoms with E-state index in [0.29, 0.717) is 0 Å². The minimum absolute atomic E-state index is 0. The van der Waals surface area contributed by atoms with Crippen LogP contribution in [0.4, 0.5) is 0 Å². The van der Waals surface area contributed by atoms with Gasteiger partial charge in [0, 0.05) is 11.4 Å². The second-order valence-corrected chi connectivity index (χ2v) is 3.40. The number of rotatable bonds is 3. The van der Waals surface area contributed by atoms with Crippen LogP contribution in [0.5, 0.6) is 0 Å². The van der Waals surface area contributed by atoms with E-state index in [1.54, 1.807) is 11.8 Å². The Bertz CT molecular complexity index is 240. The van der Waals surface area contributed by atoms with Gasteiger partial charge in [-0.1, -0.05) is 12.1 Å². The van der Waals surface area contributed by atoms with Gasteiger partial charge in [-0.05, 0) is 24.0 Å². The van der Waals surface area contributed by atoms with Gasteiger partial charge in [0.25, 0.3) is 0 Å². The molecule has 0 bridgehead atoms. The van der Waals surface area contributed by atoms with Crippen molar-refractivity contribution < 1.29 is 5.11 Å². The molecule has 0 aliphatic heterocycles. The minimum Gasteiger partial charge on any atom is -0.387 e. The molecule has 0 saturated carbocycles. The molecule has 1 aromatic carbocycles. The Morgan fingerprint density at radius 3 is 2.31 bits per heavy atom. The third-order valence-electron chi connectivity index (χ3n) is 1.72. The summed E-state index contributed by atoms with van der Waals surface area (Å²) < 4.78 is 0. The second kappa shape index (κ2) is 6.27. The summed E-state index contributed by atoms with van der Waals surface area (Å²) in [5, 5.41) is 9.36. The molecule has 1 atom stereocenters. The molecule has 0 saturated heterocycles. The van der Waals surface area contributed by atoms with E-state index in [9.17, 15) is 5.11 Å². The molecule has 1 rings (SSSR count). The van der Waals surface area contributed by atoms with E-state index >= 15 is 0 Å². The van der Waals surface area contributed by atoms with Gasteiger partial charge in [0.1, 0.15) is 0 Å². The maximum atomic E-state index is 9.36. The Morgan fingerprint density at radius 1 is 1.38 bits per heavy atom. The van der Waals surface area contributed by atoms with Crippen LogP contribution in [0.2, 0.25) is 0 Å². The molecule has 0 aliphatic rings. The molecule has 3 N–H and O–H groups in total. The lowest BCUT2D eigenvalue weighted by atomic mass is 10.1. The van der Waals surface area contributed by atoms with Crippen LogP contribution in [0.3, 0.4) is 0 Å². The molecular formula is C9H14ClNOS. The number of nitrogens with two attached hydrogens (primary N) is 1. The van der Waals surface area contributed by atoms with Gasteiger partial charge in [-0.15, -0.1) is 24.2 Å². The zero-order chi connectivity index (χ0) is 8.97. The van der Waals surface area contributed by atoms with Gasteiger partial charge in [-0.25, -0.2) is 0 Å². The van der Waals surface area contributed by atoms with Crippen molar-refractivity contribution in [1.29, 1.82) is 0 Å². The third-order valence-corrected chi connectivity index (χ3v) is 2.47. The average molecular weight is 220 g/mol. The van der Waals surface area contributed by atoms with Crippen LogP contribution in [0.1, 0.15) is 11.7 Å². The van der Waals surface area contributed by atoms with Crippen LogP contribution in [-0.4, -0.2) is 17.9 Å². The van der Waals surface area contributed by atoms with Crippen LogP contribution in [0.25, 0.3) is 0 Å². The van der Waals surface area contributed by atoms with Gasteiger partial charge in [0.05, 0.1) is 6.10 Å².